The number of carbonyl (C=O) groups excluding carboxylic acids is 2. The van der Waals surface area contributed by atoms with Crippen molar-refractivity contribution < 1.29 is 14.1 Å². The Morgan fingerprint density at radius 2 is 1.96 bits per heavy atom. The molecule has 0 spiro atoms. The van der Waals surface area contributed by atoms with E-state index in [1.165, 1.54) is 0 Å². The number of hydrogen-bond donors (Lipinski definition) is 1. The molecule has 1 aliphatic heterocycles. The lowest BCUT2D eigenvalue weighted by Crippen LogP contribution is -2.43. The predicted octanol–water partition coefficient (Wildman–Crippen LogP) is 3.83. The summed E-state index contributed by atoms with van der Waals surface area (Å²) >= 11 is 0. The monoisotopic (exact) mass is 370 g/mol. The number of hydrogen-bond acceptors (Lipinski definition) is 5. The van der Waals surface area contributed by atoms with Crippen LogP contribution in [0.5, 0.6) is 0 Å². The zero-order chi connectivity index (χ0) is 19.4. The van der Waals surface area contributed by atoms with E-state index in [-0.39, 0.29) is 18.3 Å². The Balaban J connectivity index is 1.68. The average Bonchev–Trinajstić information content (AvgIpc) is 3.18. The van der Waals surface area contributed by atoms with E-state index in [0.29, 0.717) is 12.2 Å². The lowest BCUT2D eigenvalue weighted by Gasteiger charge is -2.21. The van der Waals surface area contributed by atoms with Crippen LogP contribution >= 0.6 is 0 Å². The van der Waals surface area contributed by atoms with Crippen LogP contribution in [0.2, 0.25) is 0 Å². The summed E-state index contributed by atoms with van der Waals surface area (Å²) in [6.07, 6.45) is 4.85. The highest BCUT2D eigenvalue weighted by Gasteiger charge is 2.47. The van der Waals surface area contributed by atoms with Gasteiger partial charge in [-0.2, -0.15) is 4.98 Å². The minimum Gasteiger partial charge on any atom is -0.337 e. The number of nitrogens with one attached hydrogen (secondary N) is 1. The Labute approximate surface area is 159 Å². The van der Waals surface area contributed by atoms with Gasteiger partial charge in [-0.1, -0.05) is 62.0 Å². The molecular weight excluding hydrogens is 344 g/mol. The Kier molecular flexibility index (Phi) is 5.58. The number of unbranched alkanes of at least 4 members (excludes halogenated alkanes) is 3. The fraction of sp³-hybridized carbons (Fsp3) is 0.500. The van der Waals surface area contributed by atoms with E-state index < -0.39 is 11.6 Å². The molecule has 2 aromatic rings. The summed E-state index contributed by atoms with van der Waals surface area (Å²) in [4.78, 5) is 30.6. The maximum Gasteiger partial charge on any atom is 0.325 e. The van der Waals surface area contributed by atoms with Gasteiger partial charge in [-0.05, 0) is 25.8 Å². The quantitative estimate of drug-likeness (QED) is 0.563. The molecule has 144 valence electrons. The van der Waals surface area contributed by atoms with Gasteiger partial charge >= 0.3 is 6.03 Å². The van der Waals surface area contributed by atoms with Gasteiger partial charge in [-0.3, -0.25) is 9.69 Å². The van der Waals surface area contributed by atoms with Crippen LogP contribution in [0.15, 0.2) is 28.8 Å². The minimum atomic E-state index is -0.857. The van der Waals surface area contributed by atoms with Gasteiger partial charge in [0.2, 0.25) is 11.7 Å². The molecule has 3 amide bonds. The summed E-state index contributed by atoms with van der Waals surface area (Å²) in [5, 5.41) is 6.81. The maximum atomic E-state index is 12.8. The molecule has 0 bridgehead atoms. The number of aromatic nitrogens is 2. The normalized spacial score (nSPS) is 19.6. The van der Waals surface area contributed by atoms with Crippen molar-refractivity contribution in [3.8, 4) is 11.4 Å². The molecule has 0 aliphatic carbocycles. The molecule has 7 heteroatoms. The van der Waals surface area contributed by atoms with Crippen molar-refractivity contribution in [3.63, 3.8) is 0 Å². The van der Waals surface area contributed by atoms with E-state index in [4.69, 9.17) is 4.52 Å². The van der Waals surface area contributed by atoms with E-state index in [0.717, 1.165) is 41.7 Å². The number of carbonyl (C=O) groups is 2. The van der Waals surface area contributed by atoms with Crippen LogP contribution in [0.4, 0.5) is 4.79 Å². The fourth-order valence-electron chi connectivity index (χ4n) is 3.35. The van der Waals surface area contributed by atoms with Gasteiger partial charge in [0, 0.05) is 5.56 Å². The van der Waals surface area contributed by atoms with Gasteiger partial charge in [0.25, 0.3) is 5.91 Å². The Bertz CT molecular complexity index is 832. The highest BCUT2D eigenvalue weighted by Crippen LogP contribution is 2.26. The highest BCUT2D eigenvalue weighted by molar-refractivity contribution is 6.06. The third kappa shape index (κ3) is 4.02. The lowest BCUT2D eigenvalue weighted by molar-refractivity contribution is -0.131. The summed E-state index contributed by atoms with van der Waals surface area (Å²) in [6.45, 7) is 5.87. The van der Waals surface area contributed by atoms with Crippen LogP contribution in [-0.4, -0.2) is 32.5 Å². The fourth-order valence-corrected chi connectivity index (χ4v) is 3.35. The lowest BCUT2D eigenvalue weighted by atomic mass is 9.94. The summed E-state index contributed by atoms with van der Waals surface area (Å²) in [5.41, 5.74) is 1.04. The molecule has 1 N–H and O–H groups in total. The number of amides is 3. The third-order valence-corrected chi connectivity index (χ3v) is 5.02. The first-order chi connectivity index (χ1) is 12.9. The Hall–Kier alpha value is -2.70. The molecule has 0 saturated carbocycles. The zero-order valence-electron chi connectivity index (χ0n) is 16.1. The van der Waals surface area contributed by atoms with Crippen molar-refractivity contribution in [2.45, 2.75) is 65.0 Å². The van der Waals surface area contributed by atoms with Crippen LogP contribution < -0.4 is 5.32 Å². The Morgan fingerprint density at radius 1 is 1.19 bits per heavy atom. The Morgan fingerprint density at radius 3 is 2.70 bits per heavy atom. The number of imide groups is 1. The van der Waals surface area contributed by atoms with Crippen molar-refractivity contribution in [1.29, 1.82) is 0 Å². The van der Waals surface area contributed by atoms with Crippen molar-refractivity contribution >= 4 is 11.9 Å². The molecule has 1 aliphatic rings. The van der Waals surface area contributed by atoms with Gasteiger partial charge in [-0.25, -0.2) is 4.79 Å². The smallest absolute Gasteiger partial charge is 0.325 e. The molecule has 1 aromatic carbocycles. The topological polar surface area (TPSA) is 88.3 Å². The average molecular weight is 370 g/mol. The van der Waals surface area contributed by atoms with E-state index >= 15 is 0 Å². The molecule has 7 nitrogen and oxygen atoms in total. The summed E-state index contributed by atoms with van der Waals surface area (Å²) in [5.74, 6) is 0.462. The van der Waals surface area contributed by atoms with Gasteiger partial charge in [-0.15, -0.1) is 0 Å². The molecule has 1 saturated heterocycles. The second-order valence-electron chi connectivity index (χ2n) is 7.29. The molecule has 2 heterocycles. The first-order valence-corrected chi connectivity index (χ1v) is 9.47. The molecule has 1 aromatic heterocycles. The van der Waals surface area contributed by atoms with E-state index in [1.807, 2.05) is 31.2 Å². The number of aryl methyl sites for hydroxylation is 1. The van der Waals surface area contributed by atoms with Gasteiger partial charge in [0.1, 0.15) is 12.1 Å². The predicted molar refractivity (Wildman–Crippen MR) is 101 cm³/mol. The number of benzene rings is 1. The minimum absolute atomic E-state index is 0.0197. The first-order valence-electron chi connectivity index (χ1n) is 9.47. The highest BCUT2D eigenvalue weighted by atomic mass is 16.5. The molecule has 0 unspecified atom stereocenters. The molecule has 0 radical (unpaired) electrons. The third-order valence-electron chi connectivity index (χ3n) is 5.02. The van der Waals surface area contributed by atoms with E-state index in [9.17, 15) is 9.59 Å². The van der Waals surface area contributed by atoms with Gasteiger partial charge < -0.3 is 9.84 Å². The zero-order valence-corrected chi connectivity index (χ0v) is 16.1. The summed E-state index contributed by atoms with van der Waals surface area (Å²) in [7, 11) is 0. The van der Waals surface area contributed by atoms with Crippen LogP contribution in [0.1, 0.15) is 57.4 Å². The molecule has 27 heavy (non-hydrogen) atoms. The number of urea groups is 1. The van der Waals surface area contributed by atoms with Crippen molar-refractivity contribution in [1.82, 2.24) is 20.4 Å². The van der Waals surface area contributed by atoms with E-state index in [1.54, 1.807) is 6.92 Å². The van der Waals surface area contributed by atoms with E-state index in [2.05, 4.69) is 22.4 Å². The second-order valence-corrected chi connectivity index (χ2v) is 7.29. The van der Waals surface area contributed by atoms with Crippen LogP contribution in [0, 0.1) is 6.92 Å². The van der Waals surface area contributed by atoms with Crippen molar-refractivity contribution in [2.75, 3.05) is 0 Å². The largest absolute Gasteiger partial charge is 0.337 e. The van der Waals surface area contributed by atoms with Crippen LogP contribution in [0.25, 0.3) is 11.4 Å². The standard InChI is InChI=1S/C20H26N4O3/c1-4-5-6-9-12-20(3)18(25)24(19(26)22-20)13-16-21-17(23-27-16)15-11-8-7-10-14(15)2/h7-8,10-11H,4-6,9,12-13H2,1-3H3,(H,22,26)/t20-/m0/s1. The van der Waals surface area contributed by atoms with Crippen LogP contribution in [0.3, 0.4) is 0 Å². The number of nitrogens with zero attached hydrogens (tertiary/aromatic N) is 3. The van der Waals surface area contributed by atoms with Crippen molar-refractivity contribution in [3.05, 3.63) is 35.7 Å². The maximum absolute atomic E-state index is 12.8. The first kappa shape index (κ1) is 19.1. The van der Waals surface area contributed by atoms with Crippen molar-refractivity contribution in [2.24, 2.45) is 0 Å². The second kappa shape index (κ2) is 7.90. The van der Waals surface area contributed by atoms with Gasteiger partial charge in [0.05, 0.1) is 0 Å². The molecule has 1 fully saturated rings. The molecule has 1 atom stereocenters. The summed E-state index contributed by atoms with van der Waals surface area (Å²) in [6, 6.07) is 7.31. The molecule has 3 rings (SSSR count). The SMILES string of the molecule is CCCCCC[C@]1(C)NC(=O)N(Cc2nc(-c3ccccc3C)no2)C1=O. The van der Waals surface area contributed by atoms with Gasteiger partial charge in [0.15, 0.2) is 0 Å². The molecular formula is C20H26N4O3. The number of rotatable bonds is 8. The van der Waals surface area contributed by atoms with Crippen LogP contribution in [-0.2, 0) is 11.3 Å². The summed E-state index contributed by atoms with van der Waals surface area (Å²) < 4.78 is 5.28.